The Kier molecular flexibility index (Phi) is 4.87. The number of benzene rings is 1. The van der Waals surface area contributed by atoms with Gasteiger partial charge < -0.3 is 5.32 Å². The lowest BCUT2D eigenvalue weighted by Crippen LogP contribution is -2.24. The number of H-pyrrole nitrogens is 1. The van der Waals surface area contributed by atoms with Gasteiger partial charge in [0.05, 0.1) is 5.02 Å². The Morgan fingerprint density at radius 3 is 3.00 bits per heavy atom. The van der Waals surface area contributed by atoms with Crippen LogP contribution in [0.5, 0.6) is 0 Å². The third-order valence-electron chi connectivity index (χ3n) is 2.98. The first kappa shape index (κ1) is 14.0. The van der Waals surface area contributed by atoms with Crippen LogP contribution < -0.4 is 5.32 Å². The molecule has 0 aliphatic heterocycles. The van der Waals surface area contributed by atoms with Gasteiger partial charge in [-0.3, -0.25) is 5.10 Å². The Hall–Kier alpha value is -1.46. The maximum absolute atomic E-state index is 13.9. The molecule has 19 heavy (non-hydrogen) atoms. The third kappa shape index (κ3) is 3.52. The first-order valence-electron chi connectivity index (χ1n) is 6.24. The van der Waals surface area contributed by atoms with E-state index in [9.17, 15) is 4.39 Å². The van der Waals surface area contributed by atoms with Gasteiger partial charge in [-0.2, -0.15) is 5.10 Å². The summed E-state index contributed by atoms with van der Waals surface area (Å²) in [5.41, 5.74) is 0.604. The van der Waals surface area contributed by atoms with Gasteiger partial charge in [-0.25, -0.2) is 9.37 Å². The second kappa shape index (κ2) is 6.63. The highest BCUT2D eigenvalue weighted by Gasteiger charge is 2.15. The molecule has 2 rings (SSSR count). The molecular formula is C13H16ClFN4. The number of rotatable bonds is 6. The molecule has 6 heteroatoms. The highest BCUT2D eigenvalue weighted by atomic mass is 35.5. The molecule has 0 unspecified atom stereocenters. The summed E-state index contributed by atoms with van der Waals surface area (Å²) in [6.07, 6.45) is 2.98. The van der Waals surface area contributed by atoms with Crippen molar-refractivity contribution in [3.05, 3.63) is 46.8 Å². The SMILES string of the molecule is CC[C@H](NCCc1ncn[nH]1)c1cccc(Cl)c1F. The van der Waals surface area contributed by atoms with Crippen molar-refractivity contribution in [1.29, 1.82) is 0 Å². The van der Waals surface area contributed by atoms with Crippen LogP contribution in [-0.4, -0.2) is 21.7 Å². The molecule has 2 N–H and O–H groups in total. The summed E-state index contributed by atoms with van der Waals surface area (Å²) < 4.78 is 13.9. The molecule has 0 aliphatic carbocycles. The minimum atomic E-state index is -0.344. The molecule has 0 aliphatic rings. The summed E-state index contributed by atoms with van der Waals surface area (Å²) in [5, 5.41) is 10.0. The Morgan fingerprint density at radius 1 is 1.47 bits per heavy atom. The van der Waals surface area contributed by atoms with Crippen LogP contribution in [-0.2, 0) is 6.42 Å². The van der Waals surface area contributed by atoms with Crippen molar-refractivity contribution in [2.75, 3.05) is 6.54 Å². The van der Waals surface area contributed by atoms with Crippen molar-refractivity contribution in [1.82, 2.24) is 20.5 Å². The quantitative estimate of drug-likeness (QED) is 0.856. The lowest BCUT2D eigenvalue weighted by Gasteiger charge is -2.18. The number of hydrogen-bond donors (Lipinski definition) is 2. The largest absolute Gasteiger partial charge is 0.309 e. The highest BCUT2D eigenvalue weighted by molar-refractivity contribution is 6.30. The van der Waals surface area contributed by atoms with Crippen LogP contribution in [0.25, 0.3) is 0 Å². The molecule has 0 radical (unpaired) electrons. The number of nitrogens with zero attached hydrogens (tertiary/aromatic N) is 2. The van der Waals surface area contributed by atoms with Gasteiger partial charge >= 0.3 is 0 Å². The smallest absolute Gasteiger partial charge is 0.146 e. The van der Waals surface area contributed by atoms with Crippen molar-refractivity contribution in [3.8, 4) is 0 Å². The molecule has 0 bridgehead atoms. The van der Waals surface area contributed by atoms with Gasteiger partial charge in [0.15, 0.2) is 0 Å². The van der Waals surface area contributed by atoms with E-state index in [2.05, 4.69) is 20.5 Å². The van der Waals surface area contributed by atoms with E-state index in [1.165, 1.54) is 6.33 Å². The minimum Gasteiger partial charge on any atom is -0.309 e. The van der Waals surface area contributed by atoms with E-state index in [4.69, 9.17) is 11.6 Å². The minimum absolute atomic E-state index is 0.0541. The van der Waals surface area contributed by atoms with Crippen molar-refractivity contribution >= 4 is 11.6 Å². The van der Waals surface area contributed by atoms with Crippen molar-refractivity contribution in [2.45, 2.75) is 25.8 Å². The van der Waals surface area contributed by atoms with Gasteiger partial charge in [0.25, 0.3) is 0 Å². The normalized spacial score (nSPS) is 12.6. The zero-order valence-electron chi connectivity index (χ0n) is 10.7. The van der Waals surface area contributed by atoms with E-state index >= 15 is 0 Å². The molecule has 0 saturated heterocycles. The van der Waals surface area contributed by atoms with Crippen LogP contribution >= 0.6 is 11.6 Å². The molecular weight excluding hydrogens is 267 g/mol. The van der Waals surface area contributed by atoms with Gasteiger partial charge in [0.2, 0.25) is 0 Å². The Bertz CT molecular complexity index is 515. The maximum atomic E-state index is 13.9. The van der Waals surface area contributed by atoms with Gasteiger partial charge in [-0.05, 0) is 12.5 Å². The number of aromatic amines is 1. The molecule has 1 aromatic heterocycles. The first-order valence-corrected chi connectivity index (χ1v) is 6.61. The lowest BCUT2D eigenvalue weighted by atomic mass is 10.0. The van der Waals surface area contributed by atoms with Gasteiger partial charge in [-0.15, -0.1) is 0 Å². The van der Waals surface area contributed by atoms with Gasteiger partial charge in [-0.1, -0.05) is 30.7 Å². The molecule has 2 aromatic rings. The topological polar surface area (TPSA) is 53.6 Å². The molecule has 102 valence electrons. The predicted molar refractivity (Wildman–Crippen MR) is 72.5 cm³/mol. The lowest BCUT2D eigenvalue weighted by molar-refractivity contribution is 0.489. The average Bonchev–Trinajstić information content (AvgIpc) is 2.92. The van der Waals surface area contributed by atoms with Crippen LogP contribution in [0.1, 0.15) is 30.8 Å². The third-order valence-corrected chi connectivity index (χ3v) is 3.27. The Labute approximate surface area is 116 Å². The maximum Gasteiger partial charge on any atom is 0.146 e. The summed E-state index contributed by atoms with van der Waals surface area (Å²) in [7, 11) is 0. The molecule has 0 spiro atoms. The van der Waals surface area contributed by atoms with E-state index in [0.29, 0.717) is 12.1 Å². The van der Waals surface area contributed by atoms with E-state index < -0.39 is 0 Å². The van der Waals surface area contributed by atoms with Crippen LogP contribution in [0.2, 0.25) is 5.02 Å². The standard InChI is InChI=1S/C13H16ClFN4/c1-2-11(9-4-3-5-10(14)13(9)15)16-7-6-12-17-8-18-19-12/h3-5,8,11,16H,2,6-7H2,1H3,(H,17,18,19)/t11-/m0/s1. The van der Waals surface area contributed by atoms with Crippen LogP contribution in [0.4, 0.5) is 4.39 Å². The summed E-state index contributed by atoms with van der Waals surface area (Å²) in [4.78, 5) is 4.04. The fourth-order valence-corrected chi connectivity index (χ4v) is 2.16. The number of hydrogen-bond acceptors (Lipinski definition) is 3. The predicted octanol–water partition coefficient (Wildman–Crippen LogP) is 2.88. The first-order chi connectivity index (χ1) is 9.22. The van der Waals surface area contributed by atoms with Gasteiger partial charge in [0, 0.05) is 24.6 Å². The Morgan fingerprint density at radius 2 is 2.32 bits per heavy atom. The van der Waals surface area contributed by atoms with Crippen molar-refractivity contribution < 1.29 is 4.39 Å². The molecule has 0 saturated carbocycles. The number of nitrogens with one attached hydrogen (secondary N) is 2. The van der Waals surface area contributed by atoms with Gasteiger partial charge in [0.1, 0.15) is 18.0 Å². The van der Waals surface area contributed by atoms with E-state index in [1.807, 2.05) is 6.92 Å². The van der Waals surface area contributed by atoms with E-state index in [1.54, 1.807) is 18.2 Å². The van der Waals surface area contributed by atoms with Crippen LogP contribution in [0.15, 0.2) is 24.5 Å². The second-order valence-corrected chi connectivity index (χ2v) is 4.65. The molecule has 0 fully saturated rings. The summed E-state index contributed by atoms with van der Waals surface area (Å²) >= 11 is 5.80. The number of aromatic nitrogens is 3. The molecule has 1 heterocycles. The molecule has 1 aromatic carbocycles. The number of halogens is 2. The van der Waals surface area contributed by atoms with E-state index in [0.717, 1.165) is 18.7 Å². The zero-order chi connectivity index (χ0) is 13.7. The molecule has 1 atom stereocenters. The van der Waals surface area contributed by atoms with Crippen molar-refractivity contribution in [2.24, 2.45) is 0 Å². The monoisotopic (exact) mass is 282 g/mol. The molecule has 0 amide bonds. The van der Waals surface area contributed by atoms with E-state index in [-0.39, 0.29) is 16.9 Å². The van der Waals surface area contributed by atoms with Crippen LogP contribution in [0.3, 0.4) is 0 Å². The average molecular weight is 283 g/mol. The summed E-state index contributed by atoms with van der Waals surface area (Å²) in [6.45, 7) is 2.70. The highest BCUT2D eigenvalue weighted by Crippen LogP contribution is 2.25. The van der Waals surface area contributed by atoms with Crippen LogP contribution in [0, 0.1) is 5.82 Å². The van der Waals surface area contributed by atoms with Crippen molar-refractivity contribution in [3.63, 3.8) is 0 Å². The summed E-state index contributed by atoms with van der Waals surface area (Å²) in [5.74, 6) is 0.470. The Balaban J connectivity index is 1.98. The fourth-order valence-electron chi connectivity index (χ4n) is 1.98. The molecule has 4 nitrogen and oxygen atoms in total. The zero-order valence-corrected chi connectivity index (χ0v) is 11.4. The second-order valence-electron chi connectivity index (χ2n) is 4.24. The fraction of sp³-hybridized carbons (Fsp3) is 0.385. The summed E-state index contributed by atoms with van der Waals surface area (Å²) in [6, 6.07) is 5.03.